The van der Waals surface area contributed by atoms with E-state index in [0.717, 1.165) is 17.1 Å². The van der Waals surface area contributed by atoms with Gasteiger partial charge in [0.15, 0.2) is 41.5 Å². The summed E-state index contributed by atoms with van der Waals surface area (Å²) in [6.45, 7) is -7.13. The van der Waals surface area contributed by atoms with Crippen LogP contribution < -0.4 is 38.5 Å². The fourth-order valence-electron chi connectivity index (χ4n) is 9.95. The average molecular weight is 1350 g/mol. The Morgan fingerprint density at radius 3 is 2.00 bits per heavy atom. The van der Waals surface area contributed by atoms with Crippen molar-refractivity contribution in [2.24, 2.45) is 11.7 Å². The molecule has 12 atom stereocenters. The maximum atomic E-state index is 13.9. The Kier molecular flexibility index (Phi) is 21.7. The summed E-state index contributed by atoms with van der Waals surface area (Å²) in [7, 11) is 1.44. The summed E-state index contributed by atoms with van der Waals surface area (Å²) in [4.78, 5) is 153. The number of primary amides is 1. The third-order valence-electron chi connectivity index (χ3n) is 14.6. The molecule has 9 rings (SSSR count). The summed E-state index contributed by atoms with van der Waals surface area (Å²) in [6.07, 6.45) is -5.44. The zero-order valence-electron chi connectivity index (χ0n) is 48.7. The third kappa shape index (κ3) is 16.6. The number of fused-ring (bicyclic) bond motifs is 5. The number of benzene rings is 1. The van der Waals surface area contributed by atoms with Crippen molar-refractivity contribution in [3.05, 3.63) is 67.3 Å². The first-order valence-electron chi connectivity index (χ1n) is 28.1. The maximum absolute atomic E-state index is 13.9. The summed E-state index contributed by atoms with van der Waals surface area (Å²) in [6, 6.07) is 3.15. The van der Waals surface area contributed by atoms with Crippen molar-refractivity contribution in [2.45, 2.75) is 114 Å². The van der Waals surface area contributed by atoms with Crippen molar-refractivity contribution >= 4 is 124 Å². The first-order valence-corrected chi connectivity index (χ1v) is 33.2. The number of ether oxygens (including phenoxy) is 4. The molecule has 3 saturated heterocycles. The highest BCUT2D eigenvalue weighted by Gasteiger charge is 2.54. The molecule has 0 saturated carbocycles. The van der Waals surface area contributed by atoms with E-state index in [-0.39, 0.29) is 92.3 Å². The molecule has 5 aromatic rings. The number of nitrogens with zero attached hydrogens (tertiary/aromatic N) is 10. The molecule has 0 radical (unpaired) electrons. The Balaban J connectivity index is 0.801. The van der Waals surface area contributed by atoms with Crippen molar-refractivity contribution in [2.75, 3.05) is 56.7 Å². The van der Waals surface area contributed by atoms with Gasteiger partial charge < -0.3 is 86.3 Å². The van der Waals surface area contributed by atoms with Crippen molar-refractivity contribution in [3.63, 3.8) is 0 Å². The number of carbonyl (C=O) groups is 8. The number of urea groups is 1. The number of rotatable bonds is 22. The second kappa shape index (κ2) is 29.2. The zero-order chi connectivity index (χ0) is 65.5. The number of aliphatic hydroxyl groups is 1. The van der Waals surface area contributed by atoms with E-state index >= 15 is 0 Å². The average Bonchev–Trinajstić information content (AvgIpc) is 1.62. The topological polar surface area (TPSA) is 491 Å². The zero-order valence-corrected chi connectivity index (χ0v) is 52.1. The Labute approximate surface area is 526 Å². The quantitative estimate of drug-likeness (QED) is 0.0181. The normalized spacial score (nSPS) is 25.6. The van der Waals surface area contributed by atoms with Crippen LogP contribution in [0, 0.1) is 5.92 Å². The van der Waals surface area contributed by atoms with Crippen LogP contribution in [-0.2, 0) is 96.0 Å². The lowest BCUT2D eigenvalue weighted by molar-refractivity contribution is -0.158. The number of nitrogen functional groups attached to an aromatic ring is 2. The molecule has 490 valence electrons. The molecule has 1 aromatic carbocycles. The smallest absolute Gasteiger partial charge is 0.409 e. The molecular weight excluding hydrogens is 1280 g/mol. The number of nitrogens with two attached hydrogens (primary N) is 3. The highest BCUT2D eigenvalue weighted by Crippen LogP contribution is 2.54. The molecule has 2 bridgehead atoms. The predicted octanol–water partition coefficient (Wildman–Crippen LogP) is -0.475. The molecule has 40 heteroatoms. The maximum Gasteiger partial charge on any atom is 0.409 e. The fourth-order valence-corrected chi connectivity index (χ4v) is 12.8. The van der Waals surface area contributed by atoms with Gasteiger partial charge in [0, 0.05) is 57.4 Å². The van der Waals surface area contributed by atoms with Gasteiger partial charge in [-0.15, -0.1) is 0 Å². The summed E-state index contributed by atoms with van der Waals surface area (Å²) < 4.78 is 50.5. The van der Waals surface area contributed by atoms with E-state index in [2.05, 4.69) is 51.2 Å². The van der Waals surface area contributed by atoms with Crippen LogP contribution in [0.1, 0.15) is 64.0 Å². The molecular formula is C51H65N17O19P2S2. The monoisotopic (exact) mass is 1350 g/mol. The van der Waals surface area contributed by atoms with Gasteiger partial charge in [0.1, 0.15) is 72.9 Å². The van der Waals surface area contributed by atoms with Gasteiger partial charge in [0.05, 0.1) is 25.9 Å². The second-order valence-corrected chi connectivity index (χ2v) is 27.0. The second-order valence-electron chi connectivity index (χ2n) is 21.4. The standard InChI is InChI=1S/C51H65N17O19P2S2/c1-25(2)35(64-31(69)14-17-66-32(70)12-13-33(66)71)47(75)63-28(6-4-15-55-50(54)76)46(74)62-27-10-8-26(9-11-27)18-80-51(77)65(3)16-5-7-34(72)85-41-39-30(84-49(41)68-24-61-37-43(53)57-22-59-45(37)68)20-82-89(79,91)87-40-38(73)29(19-81-88(78,90)86-39)83-48(40)67-23-60-36-42(52)56-21-58-44(36)67/h8-13,21-25,28-30,35,38-41,48-49,73H,4-7,14-20H2,1-3H3,(H,62,74)(H,63,75)(H,64,69)(H,78,90)(H,79,91)(H2,52,56,58)(H2,53,57,59)(H3,54,55,76)/t28-,29+,30+,35-,38+,39+,40+,41+,48+,49+,88?,89?/m0/s1. The summed E-state index contributed by atoms with van der Waals surface area (Å²) in [5.41, 5.74) is 18.8. The molecule has 4 aromatic heterocycles. The van der Waals surface area contributed by atoms with Crippen LogP contribution in [0.25, 0.3) is 22.3 Å². The number of esters is 1. The number of imide groups is 1. The van der Waals surface area contributed by atoms with Crippen LogP contribution in [0.15, 0.2) is 61.7 Å². The molecule has 8 heterocycles. The Morgan fingerprint density at radius 1 is 0.791 bits per heavy atom. The van der Waals surface area contributed by atoms with Gasteiger partial charge in [-0.1, -0.05) is 26.0 Å². The number of aromatic nitrogens is 8. The molecule has 4 aliphatic rings. The van der Waals surface area contributed by atoms with Gasteiger partial charge in [-0.3, -0.25) is 51.8 Å². The van der Waals surface area contributed by atoms with Crippen LogP contribution in [-0.4, -0.2) is 200 Å². The number of imidazole rings is 2. The highest BCUT2D eigenvalue weighted by molar-refractivity contribution is 8.07. The van der Waals surface area contributed by atoms with E-state index in [4.69, 9.17) is 77.9 Å². The molecule has 36 nitrogen and oxygen atoms in total. The van der Waals surface area contributed by atoms with Crippen molar-refractivity contribution < 1.29 is 90.3 Å². The van der Waals surface area contributed by atoms with Crippen LogP contribution in [0.4, 0.5) is 26.9 Å². The molecule has 91 heavy (non-hydrogen) atoms. The number of hydrogen-bond acceptors (Lipinski definition) is 27. The van der Waals surface area contributed by atoms with E-state index in [9.17, 15) is 53.2 Å². The van der Waals surface area contributed by atoms with Gasteiger partial charge in [0.25, 0.3) is 11.8 Å². The molecule has 3 fully saturated rings. The molecule has 2 unspecified atom stereocenters. The number of nitrogens with one attached hydrogen (secondary N) is 4. The lowest BCUT2D eigenvalue weighted by Crippen LogP contribution is -2.54. The summed E-state index contributed by atoms with van der Waals surface area (Å²) in [5.74, 6) is -4.32. The lowest BCUT2D eigenvalue weighted by atomic mass is 10.0. The van der Waals surface area contributed by atoms with E-state index in [0.29, 0.717) is 11.3 Å². The minimum absolute atomic E-state index is 0.00317. The Morgan fingerprint density at radius 2 is 1.38 bits per heavy atom. The largest absolute Gasteiger partial charge is 0.455 e. The van der Waals surface area contributed by atoms with Crippen LogP contribution >= 0.6 is 13.4 Å². The molecule has 0 aliphatic carbocycles. The minimum atomic E-state index is -4.45. The first-order chi connectivity index (χ1) is 43.3. The van der Waals surface area contributed by atoms with Gasteiger partial charge in [-0.05, 0) is 66.5 Å². The van der Waals surface area contributed by atoms with E-state index < -0.39 is 141 Å². The first kappa shape index (κ1) is 67.6. The van der Waals surface area contributed by atoms with Gasteiger partial charge in [-0.2, -0.15) is 0 Å². The number of carbonyl (C=O) groups excluding carboxylic acids is 8. The number of anilines is 3. The molecule has 4 aliphatic heterocycles. The summed E-state index contributed by atoms with van der Waals surface area (Å²) >= 11 is 10.9. The van der Waals surface area contributed by atoms with Crippen LogP contribution in [0.2, 0.25) is 0 Å². The Bertz CT molecular complexity index is 3680. The van der Waals surface area contributed by atoms with Crippen molar-refractivity contribution in [3.8, 4) is 0 Å². The fraction of sp³-hybridized carbons (Fsp3) is 0.490. The SMILES string of the molecule is CC(C)[C@H](NC(=O)CCN1C(=O)C=CC1=O)C(=O)N[C@@H](CCCNC(N)=O)C(=O)Nc1ccc(COC(=O)N(C)CCCC(=O)O[C@@H]2[C@@H]3OP(O)(=S)OC[C@H]4O[C@@H](n5cnc6c(N)ncnc65)[C@H](OP(O)(=S)OC[C@H]3O[C@H]2n2cnc3c(N)ncnc32)[C@@H]4O)cc1. The van der Waals surface area contributed by atoms with Crippen LogP contribution in [0.3, 0.4) is 0 Å². The van der Waals surface area contributed by atoms with Gasteiger partial charge in [-0.25, -0.2) is 39.5 Å². The predicted molar refractivity (Wildman–Crippen MR) is 321 cm³/mol. The molecule has 13 N–H and O–H groups in total. The van der Waals surface area contributed by atoms with E-state index in [1.165, 1.54) is 58.5 Å². The van der Waals surface area contributed by atoms with E-state index in [1.54, 1.807) is 26.0 Å². The highest BCUT2D eigenvalue weighted by atomic mass is 32.5. The molecule has 8 amide bonds. The Hall–Kier alpha value is -7.84. The third-order valence-corrected chi connectivity index (χ3v) is 17.7. The van der Waals surface area contributed by atoms with Crippen molar-refractivity contribution in [1.82, 2.24) is 64.8 Å². The number of amides is 8. The molecule has 0 spiro atoms. The number of aliphatic hydroxyl groups excluding tert-OH is 1. The van der Waals surface area contributed by atoms with Gasteiger partial charge >= 0.3 is 31.5 Å². The number of hydrogen-bond donors (Lipinski definition) is 10. The minimum Gasteiger partial charge on any atom is -0.455 e. The lowest BCUT2D eigenvalue weighted by Gasteiger charge is -2.29. The van der Waals surface area contributed by atoms with Gasteiger partial charge in [0.2, 0.25) is 17.7 Å². The van der Waals surface area contributed by atoms with Crippen LogP contribution in [0.5, 0.6) is 0 Å². The van der Waals surface area contributed by atoms with E-state index in [1.807, 2.05) is 0 Å². The summed E-state index contributed by atoms with van der Waals surface area (Å²) in [5, 5.41) is 22.0. The van der Waals surface area contributed by atoms with Crippen molar-refractivity contribution in [1.29, 1.82) is 0 Å².